The van der Waals surface area contributed by atoms with Gasteiger partial charge in [0.25, 0.3) is 5.69 Å². The van der Waals surface area contributed by atoms with Crippen molar-refractivity contribution >= 4 is 21.4 Å². The Hall–Kier alpha value is -1.71. The van der Waals surface area contributed by atoms with Crippen LogP contribution in [0.4, 0.5) is 11.4 Å². The number of hydrogen-bond donors (Lipinski definition) is 3. The molecule has 1 fully saturated rings. The fourth-order valence-electron chi connectivity index (χ4n) is 2.14. The van der Waals surface area contributed by atoms with Gasteiger partial charge < -0.3 is 5.43 Å². The molecule has 9 heteroatoms. The number of benzene rings is 1. The highest BCUT2D eigenvalue weighted by Crippen LogP contribution is 2.33. The second-order valence-corrected chi connectivity index (χ2v) is 6.78. The summed E-state index contributed by atoms with van der Waals surface area (Å²) in [5.41, 5.74) is 1.39. The third kappa shape index (κ3) is 2.74. The molecule has 0 heterocycles. The van der Waals surface area contributed by atoms with Crippen molar-refractivity contribution in [2.45, 2.75) is 36.6 Å². The number of nitrogens with one attached hydrogen (secondary N) is 2. The van der Waals surface area contributed by atoms with Crippen LogP contribution in [0.2, 0.25) is 0 Å². The Morgan fingerprint density at radius 3 is 2.50 bits per heavy atom. The van der Waals surface area contributed by atoms with Crippen LogP contribution >= 0.6 is 0 Å². The van der Waals surface area contributed by atoms with Crippen molar-refractivity contribution in [3.8, 4) is 0 Å². The van der Waals surface area contributed by atoms with Gasteiger partial charge >= 0.3 is 0 Å². The highest BCUT2D eigenvalue weighted by atomic mass is 32.2. The van der Waals surface area contributed by atoms with E-state index in [1.807, 2.05) is 6.92 Å². The number of nitrogens with two attached hydrogens (primary N) is 1. The monoisotopic (exact) mass is 300 g/mol. The Morgan fingerprint density at radius 2 is 2.05 bits per heavy atom. The molecule has 1 aliphatic rings. The molecular weight excluding hydrogens is 284 g/mol. The van der Waals surface area contributed by atoms with Crippen LogP contribution in [-0.2, 0) is 10.0 Å². The lowest BCUT2D eigenvalue weighted by molar-refractivity contribution is -0.384. The predicted molar refractivity (Wildman–Crippen MR) is 73.5 cm³/mol. The molecule has 4 N–H and O–H groups in total. The molecule has 2 rings (SSSR count). The van der Waals surface area contributed by atoms with E-state index in [0.29, 0.717) is 0 Å². The Labute approximate surface area is 116 Å². The first-order valence-corrected chi connectivity index (χ1v) is 7.55. The third-order valence-corrected chi connectivity index (χ3v) is 5.11. The van der Waals surface area contributed by atoms with E-state index in [4.69, 9.17) is 5.84 Å². The summed E-state index contributed by atoms with van der Waals surface area (Å²) in [6.07, 6.45) is 2.49. The van der Waals surface area contributed by atoms with E-state index < -0.39 is 20.5 Å². The van der Waals surface area contributed by atoms with Crippen molar-refractivity contribution in [3.05, 3.63) is 28.3 Å². The Balaban J connectivity index is 2.37. The first-order chi connectivity index (χ1) is 9.27. The molecule has 0 unspecified atom stereocenters. The van der Waals surface area contributed by atoms with Gasteiger partial charge in [0, 0.05) is 11.6 Å². The number of rotatable bonds is 5. The molecular formula is C11H16N4O4S. The highest BCUT2D eigenvalue weighted by Gasteiger charge is 2.36. The lowest BCUT2D eigenvalue weighted by Crippen LogP contribution is -2.50. The topological polar surface area (TPSA) is 127 Å². The second kappa shape index (κ2) is 5.00. The number of hydrazine groups is 1. The van der Waals surface area contributed by atoms with Gasteiger partial charge in [-0.2, -0.15) is 0 Å². The lowest BCUT2D eigenvalue weighted by atomic mass is 9.80. The van der Waals surface area contributed by atoms with Gasteiger partial charge in [-0.05, 0) is 38.3 Å². The molecule has 20 heavy (non-hydrogen) atoms. The molecule has 1 aromatic rings. The summed E-state index contributed by atoms with van der Waals surface area (Å²) in [5, 5.41) is 10.9. The van der Waals surface area contributed by atoms with Crippen LogP contribution in [0.1, 0.15) is 26.2 Å². The van der Waals surface area contributed by atoms with E-state index >= 15 is 0 Å². The molecule has 1 aliphatic carbocycles. The van der Waals surface area contributed by atoms with Gasteiger partial charge in [0.1, 0.15) is 5.69 Å². The molecule has 0 atom stereocenters. The van der Waals surface area contributed by atoms with Crippen molar-refractivity contribution in [3.63, 3.8) is 0 Å². The summed E-state index contributed by atoms with van der Waals surface area (Å²) in [6.45, 7) is 1.82. The summed E-state index contributed by atoms with van der Waals surface area (Å²) in [4.78, 5) is 10.1. The lowest BCUT2D eigenvalue weighted by Gasteiger charge is -2.38. The van der Waals surface area contributed by atoms with E-state index in [1.165, 1.54) is 12.1 Å². The van der Waals surface area contributed by atoms with E-state index in [-0.39, 0.29) is 16.3 Å². The zero-order chi connectivity index (χ0) is 15.0. The second-order valence-electron chi connectivity index (χ2n) is 5.10. The molecule has 0 bridgehead atoms. The zero-order valence-corrected chi connectivity index (χ0v) is 11.7. The van der Waals surface area contributed by atoms with E-state index in [1.54, 1.807) is 0 Å². The summed E-state index contributed by atoms with van der Waals surface area (Å²) < 4.78 is 27.0. The van der Waals surface area contributed by atoms with E-state index in [0.717, 1.165) is 25.3 Å². The molecule has 110 valence electrons. The number of hydrogen-bond acceptors (Lipinski definition) is 6. The summed E-state index contributed by atoms with van der Waals surface area (Å²) >= 11 is 0. The molecule has 1 saturated carbocycles. The van der Waals surface area contributed by atoms with Crippen molar-refractivity contribution in [1.29, 1.82) is 0 Å². The average Bonchev–Trinajstić information content (AvgIpc) is 2.35. The standard InChI is InChI=1S/C11H16N4O4S/c1-11(5-2-6-11)14-20(18,19)8-3-4-9(13-12)10(7-8)15(16)17/h3-4,7,13-14H,2,5-6,12H2,1H3. The summed E-state index contributed by atoms with van der Waals surface area (Å²) in [7, 11) is -3.78. The number of nitrogens with zero attached hydrogens (tertiary/aromatic N) is 1. The van der Waals surface area contributed by atoms with Crippen LogP contribution in [0.15, 0.2) is 23.1 Å². The maximum absolute atomic E-state index is 12.2. The molecule has 0 spiro atoms. The predicted octanol–water partition coefficient (Wildman–Crippen LogP) is 1.10. The first-order valence-electron chi connectivity index (χ1n) is 6.06. The van der Waals surface area contributed by atoms with Gasteiger partial charge in [-0.25, -0.2) is 13.1 Å². The minimum Gasteiger partial charge on any atom is -0.318 e. The number of sulfonamides is 1. The number of anilines is 1. The molecule has 0 radical (unpaired) electrons. The summed E-state index contributed by atoms with van der Waals surface area (Å²) in [6, 6.07) is 3.56. The number of nitrogen functional groups attached to an aromatic ring is 1. The molecule has 0 amide bonds. The van der Waals surface area contributed by atoms with Crippen LogP contribution < -0.4 is 16.0 Å². The van der Waals surface area contributed by atoms with Gasteiger partial charge in [0.05, 0.1) is 9.82 Å². The minimum absolute atomic E-state index is 0.0591. The molecule has 0 aromatic heterocycles. The summed E-state index contributed by atoms with van der Waals surface area (Å²) in [5.74, 6) is 5.16. The molecule has 1 aromatic carbocycles. The van der Waals surface area contributed by atoms with Crippen molar-refractivity contribution in [2.75, 3.05) is 5.43 Å². The molecule has 8 nitrogen and oxygen atoms in total. The van der Waals surface area contributed by atoms with Crippen LogP contribution in [0.5, 0.6) is 0 Å². The van der Waals surface area contributed by atoms with Gasteiger partial charge in [-0.15, -0.1) is 0 Å². The average molecular weight is 300 g/mol. The normalized spacial score (nSPS) is 17.3. The van der Waals surface area contributed by atoms with Crippen LogP contribution in [0.25, 0.3) is 0 Å². The van der Waals surface area contributed by atoms with Gasteiger partial charge in [0.15, 0.2) is 0 Å². The maximum Gasteiger partial charge on any atom is 0.294 e. The Bertz CT molecular complexity index is 640. The Morgan fingerprint density at radius 1 is 1.40 bits per heavy atom. The SMILES string of the molecule is CC1(NS(=O)(=O)c2ccc(NN)c([N+](=O)[O-])c2)CCC1. The van der Waals surface area contributed by atoms with Gasteiger partial charge in [-0.1, -0.05) is 0 Å². The Kier molecular flexibility index (Phi) is 3.67. The fraction of sp³-hybridized carbons (Fsp3) is 0.455. The molecule has 0 saturated heterocycles. The zero-order valence-electron chi connectivity index (χ0n) is 10.9. The smallest absolute Gasteiger partial charge is 0.294 e. The van der Waals surface area contributed by atoms with Gasteiger partial charge in [-0.3, -0.25) is 16.0 Å². The fourth-order valence-corrected chi connectivity index (χ4v) is 3.63. The van der Waals surface area contributed by atoms with E-state index in [2.05, 4.69) is 10.1 Å². The number of nitro groups is 1. The van der Waals surface area contributed by atoms with Crippen LogP contribution in [0.3, 0.4) is 0 Å². The maximum atomic E-state index is 12.2. The van der Waals surface area contributed by atoms with E-state index in [9.17, 15) is 18.5 Å². The highest BCUT2D eigenvalue weighted by molar-refractivity contribution is 7.89. The quantitative estimate of drug-likeness (QED) is 0.424. The number of nitro benzene ring substituents is 1. The molecule has 0 aliphatic heterocycles. The van der Waals surface area contributed by atoms with Crippen LogP contribution in [-0.4, -0.2) is 18.9 Å². The largest absolute Gasteiger partial charge is 0.318 e. The minimum atomic E-state index is -3.78. The first kappa shape index (κ1) is 14.7. The van der Waals surface area contributed by atoms with Crippen molar-refractivity contribution < 1.29 is 13.3 Å². The van der Waals surface area contributed by atoms with Crippen molar-refractivity contribution in [2.24, 2.45) is 5.84 Å². The third-order valence-electron chi connectivity index (χ3n) is 3.47. The van der Waals surface area contributed by atoms with Crippen molar-refractivity contribution in [1.82, 2.24) is 4.72 Å². The van der Waals surface area contributed by atoms with Crippen LogP contribution in [0, 0.1) is 10.1 Å². The van der Waals surface area contributed by atoms with Gasteiger partial charge in [0.2, 0.25) is 10.0 Å².